The number of anilines is 2. The van der Waals surface area contributed by atoms with E-state index in [9.17, 15) is 19.5 Å². The molecule has 2 N–H and O–H groups in total. The Hall–Kier alpha value is -4.22. The molecule has 3 fully saturated rings. The van der Waals surface area contributed by atoms with Crippen molar-refractivity contribution in [1.82, 2.24) is 34.2 Å². The average Bonchev–Trinajstić information content (AvgIpc) is 3.32. The van der Waals surface area contributed by atoms with Gasteiger partial charge in [-0.2, -0.15) is 4.98 Å². The van der Waals surface area contributed by atoms with E-state index in [2.05, 4.69) is 19.9 Å². The molecule has 41 heavy (non-hydrogen) atoms. The van der Waals surface area contributed by atoms with Crippen molar-refractivity contribution in [3.63, 3.8) is 0 Å². The van der Waals surface area contributed by atoms with Gasteiger partial charge >= 0.3 is 6.09 Å². The van der Waals surface area contributed by atoms with E-state index in [0.29, 0.717) is 36.1 Å². The van der Waals surface area contributed by atoms with Crippen molar-refractivity contribution < 1.29 is 19.5 Å². The van der Waals surface area contributed by atoms with Crippen molar-refractivity contribution in [2.24, 2.45) is 0 Å². The van der Waals surface area contributed by atoms with Gasteiger partial charge < -0.3 is 24.8 Å². The second kappa shape index (κ2) is 11.0. The van der Waals surface area contributed by atoms with E-state index in [1.54, 1.807) is 42.2 Å². The van der Waals surface area contributed by atoms with E-state index in [0.717, 1.165) is 49.6 Å². The number of pyridine rings is 1. The van der Waals surface area contributed by atoms with Crippen LogP contribution in [-0.4, -0.2) is 96.5 Å². The zero-order valence-corrected chi connectivity index (χ0v) is 23.5. The Morgan fingerprint density at radius 1 is 0.927 bits per heavy atom. The molecule has 0 aromatic carbocycles. The van der Waals surface area contributed by atoms with E-state index in [4.69, 9.17) is 4.98 Å². The van der Waals surface area contributed by atoms with Crippen molar-refractivity contribution in [2.45, 2.75) is 69.5 Å². The second-order valence-corrected chi connectivity index (χ2v) is 11.6. The Kier molecular flexibility index (Phi) is 7.22. The molecule has 5 heterocycles. The van der Waals surface area contributed by atoms with Crippen LogP contribution in [0.3, 0.4) is 0 Å². The highest BCUT2D eigenvalue weighted by molar-refractivity contribution is 5.98. The maximum absolute atomic E-state index is 13.2. The molecule has 216 valence electrons. The molecule has 0 spiro atoms. The number of fused-ring (bicyclic) bond motifs is 3. The summed E-state index contributed by atoms with van der Waals surface area (Å²) < 4.78 is 2.10. The lowest BCUT2D eigenvalue weighted by Crippen LogP contribution is -2.56. The summed E-state index contributed by atoms with van der Waals surface area (Å²) in [4.78, 5) is 56.4. The summed E-state index contributed by atoms with van der Waals surface area (Å²) in [5.74, 6) is 0.653. The Morgan fingerprint density at radius 2 is 1.63 bits per heavy atom. The van der Waals surface area contributed by atoms with E-state index >= 15 is 0 Å². The van der Waals surface area contributed by atoms with Gasteiger partial charge in [-0.05, 0) is 43.9 Å². The first-order valence-corrected chi connectivity index (χ1v) is 14.4. The Balaban J connectivity index is 1.21. The summed E-state index contributed by atoms with van der Waals surface area (Å²) in [6.07, 6.45) is 10.6. The molecule has 2 bridgehead atoms. The molecule has 3 aliphatic rings. The topological polar surface area (TPSA) is 137 Å². The first-order chi connectivity index (χ1) is 19.8. The summed E-state index contributed by atoms with van der Waals surface area (Å²) in [5, 5.41) is 13.5. The Labute approximate surface area is 238 Å². The SMILES string of the molecule is CN(C)C(=O)c1cc2cnc(Nc3ccc(C(=O)N4CC5CCC(C4)N5C(=O)O)cn3)nc2n1C1CCCCCC1. The van der Waals surface area contributed by atoms with Crippen LogP contribution in [0.1, 0.15) is 78.3 Å². The third-order valence-corrected chi connectivity index (χ3v) is 8.63. The lowest BCUT2D eigenvalue weighted by Gasteiger charge is -2.39. The number of carbonyl (C=O) groups excluding carboxylic acids is 2. The molecule has 0 radical (unpaired) electrons. The third-order valence-electron chi connectivity index (χ3n) is 8.63. The molecule has 3 aromatic rings. The van der Waals surface area contributed by atoms with Gasteiger partial charge in [-0.3, -0.25) is 14.5 Å². The fourth-order valence-electron chi connectivity index (χ4n) is 6.62. The molecule has 12 nitrogen and oxygen atoms in total. The maximum Gasteiger partial charge on any atom is 0.407 e. The first kappa shape index (κ1) is 27.0. The number of likely N-dealkylation sites (tertiary alicyclic amines) is 1. The van der Waals surface area contributed by atoms with Crippen molar-refractivity contribution >= 4 is 40.7 Å². The van der Waals surface area contributed by atoms with Gasteiger partial charge in [0.05, 0.1) is 17.6 Å². The lowest BCUT2D eigenvalue weighted by atomic mass is 10.1. The fraction of sp³-hybridized carbons (Fsp3) is 0.517. The largest absolute Gasteiger partial charge is 0.465 e. The van der Waals surface area contributed by atoms with Crippen molar-refractivity contribution in [3.05, 3.63) is 41.9 Å². The van der Waals surface area contributed by atoms with Crippen LogP contribution in [0.15, 0.2) is 30.6 Å². The molecule has 2 aliphatic heterocycles. The number of carbonyl (C=O) groups is 3. The minimum Gasteiger partial charge on any atom is -0.465 e. The molecule has 2 atom stereocenters. The van der Waals surface area contributed by atoms with E-state index in [1.165, 1.54) is 23.9 Å². The molecule has 3 aromatic heterocycles. The van der Waals surface area contributed by atoms with Crippen LogP contribution in [0.4, 0.5) is 16.6 Å². The van der Waals surface area contributed by atoms with Crippen LogP contribution in [0.25, 0.3) is 11.0 Å². The molecule has 2 saturated heterocycles. The fourth-order valence-corrected chi connectivity index (χ4v) is 6.62. The first-order valence-electron chi connectivity index (χ1n) is 14.4. The number of hydrogen-bond acceptors (Lipinski definition) is 7. The van der Waals surface area contributed by atoms with Crippen LogP contribution in [0, 0.1) is 0 Å². The number of piperazine rings is 1. The van der Waals surface area contributed by atoms with Gasteiger partial charge in [0.15, 0.2) is 0 Å². The summed E-state index contributed by atoms with van der Waals surface area (Å²) in [6, 6.07) is 5.21. The predicted molar refractivity (Wildman–Crippen MR) is 152 cm³/mol. The van der Waals surface area contributed by atoms with Gasteiger partial charge in [0, 0.05) is 51.0 Å². The zero-order valence-electron chi connectivity index (χ0n) is 23.5. The zero-order chi connectivity index (χ0) is 28.7. The van der Waals surface area contributed by atoms with Gasteiger partial charge in [0.2, 0.25) is 5.95 Å². The molecule has 12 heteroatoms. The number of carboxylic acid groups (broad SMARTS) is 1. The van der Waals surface area contributed by atoms with Gasteiger partial charge in [0.25, 0.3) is 11.8 Å². The monoisotopic (exact) mass is 560 g/mol. The highest BCUT2D eigenvalue weighted by Gasteiger charge is 2.44. The number of nitrogens with one attached hydrogen (secondary N) is 1. The molecule has 1 aliphatic carbocycles. The molecule has 6 rings (SSSR count). The predicted octanol–water partition coefficient (Wildman–Crippen LogP) is 4.13. The van der Waals surface area contributed by atoms with Gasteiger partial charge in [-0.15, -0.1) is 0 Å². The van der Waals surface area contributed by atoms with Crippen LogP contribution in [-0.2, 0) is 0 Å². The van der Waals surface area contributed by atoms with Gasteiger partial charge in [-0.1, -0.05) is 25.7 Å². The van der Waals surface area contributed by atoms with Crippen molar-refractivity contribution in [1.29, 1.82) is 0 Å². The Bertz CT molecular complexity index is 1450. The minimum atomic E-state index is -0.913. The standard InChI is InChI=1S/C29H36N8O4/c1-34(2)27(39)23-13-19-15-31-28(33-25(19)37(23)20-7-5-3-4-6-8-20)32-24-12-9-18(14-30-24)26(38)35-16-21-10-11-22(17-35)36(21)29(40)41/h9,12-15,20-22H,3-8,10-11,16-17H2,1-2H3,(H,40,41)(H,30,31,32,33). The van der Waals surface area contributed by atoms with E-state index in [1.807, 2.05) is 6.07 Å². The van der Waals surface area contributed by atoms with Crippen LogP contribution >= 0.6 is 0 Å². The van der Waals surface area contributed by atoms with Crippen LogP contribution in [0.5, 0.6) is 0 Å². The maximum atomic E-state index is 13.2. The van der Waals surface area contributed by atoms with E-state index < -0.39 is 6.09 Å². The van der Waals surface area contributed by atoms with Crippen LogP contribution < -0.4 is 5.32 Å². The Morgan fingerprint density at radius 3 is 2.24 bits per heavy atom. The second-order valence-electron chi connectivity index (χ2n) is 11.6. The number of aromatic nitrogens is 4. The normalized spacial score (nSPS) is 21.1. The van der Waals surface area contributed by atoms with Gasteiger partial charge in [-0.25, -0.2) is 14.8 Å². The number of nitrogens with zero attached hydrogens (tertiary/aromatic N) is 7. The highest BCUT2D eigenvalue weighted by Crippen LogP contribution is 2.34. The number of rotatable bonds is 5. The van der Waals surface area contributed by atoms with Crippen LogP contribution in [0.2, 0.25) is 0 Å². The summed E-state index contributed by atoms with van der Waals surface area (Å²) >= 11 is 0. The van der Waals surface area contributed by atoms with Crippen molar-refractivity contribution in [2.75, 3.05) is 32.5 Å². The summed E-state index contributed by atoms with van der Waals surface area (Å²) in [5.41, 5.74) is 1.80. The van der Waals surface area contributed by atoms with Crippen molar-refractivity contribution in [3.8, 4) is 0 Å². The highest BCUT2D eigenvalue weighted by atomic mass is 16.4. The lowest BCUT2D eigenvalue weighted by molar-refractivity contribution is 0.0448. The quantitative estimate of drug-likeness (QED) is 0.445. The number of hydrogen-bond donors (Lipinski definition) is 2. The molecule has 1 saturated carbocycles. The number of amides is 3. The van der Waals surface area contributed by atoms with E-state index in [-0.39, 0.29) is 29.9 Å². The smallest absolute Gasteiger partial charge is 0.407 e. The average molecular weight is 561 g/mol. The molecular formula is C29H36N8O4. The summed E-state index contributed by atoms with van der Waals surface area (Å²) in [7, 11) is 3.52. The molecular weight excluding hydrogens is 524 g/mol. The molecule has 3 amide bonds. The molecule has 2 unspecified atom stereocenters. The third kappa shape index (κ3) is 5.18. The van der Waals surface area contributed by atoms with Gasteiger partial charge in [0.1, 0.15) is 17.2 Å². The summed E-state index contributed by atoms with van der Waals surface area (Å²) in [6.45, 7) is 0.795. The minimum absolute atomic E-state index is 0.0546.